The molecule has 2 aromatic carbocycles. The lowest BCUT2D eigenvalue weighted by Crippen LogP contribution is -2.01. The van der Waals surface area contributed by atoms with E-state index in [1.54, 1.807) is 30.0 Å². The number of rotatable bonds is 4. The van der Waals surface area contributed by atoms with Crippen LogP contribution in [0.4, 0.5) is 4.39 Å². The highest BCUT2D eigenvalue weighted by Crippen LogP contribution is 2.30. The van der Waals surface area contributed by atoms with Crippen LogP contribution in [0.25, 0.3) is 0 Å². The van der Waals surface area contributed by atoms with E-state index in [1.165, 1.54) is 6.07 Å². The highest BCUT2D eigenvalue weighted by atomic mass is 35.5. The van der Waals surface area contributed by atoms with Gasteiger partial charge in [0.15, 0.2) is 0 Å². The predicted molar refractivity (Wildman–Crippen MR) is 91.1 cm³/mol. The van der Waals surface area contributed by atoms with Crippen molar-refractivity contribution in [2.24, 2.45) is 4.99 Å². The highest BCUT2D eigenvalue weighted by Gasteiger charge is 2.13. The summed E-state index contributed by atoms with van der Waals surface area (Å²) in [4.78, 5) is 4.41. The standard InChI is InChI=1S/C16H12Cl2FNOS/c17-12-2-1-3-14(19)11(12)9-21-15-5-4-10(8-13(15)18)16-20-6-7-22-16/h1-5,8H,6-7,9H2. The number of ether oxygens (including phenoxy) is 1. The van der Waals surface area contributed by atoms with Crippen LogP contribution in [0.5, 0.6) is 5.75 Å². The molecule has 3 rings (SSSR count). The first-order chi connectivity index (χ1) is 10.6. The van der Waals surface area contributed by atoms with Gasteiger partial charge < -0.3 is 4.74 Å². The third-order valence-corrected chi connectivity index (χ3v) is 4.87. The van der Waals surface area contributed by atoms with Gasteiger partial charge in [-0.2, -0.15) is 0 Å². The number of hydrogen-bond acceptors (Lipinski definition) is 3. The first-order valence-corrected chi connectivity index (χ1v) is 8.42. The van der Waals surface area contributed by atoms with Crippen molar-refractivity contribution < 1.29 is 9.13 Å². The summed E-state index contributed by atoms with van der Waals surface area (Å²) in [7, 11) is 0. The minimum Gasteiger partial charge on any atom is -0.487 e. The topological polar surface area (TPSA) is 21.6 Å². The van der Waals surface area contributed by atoms with E-state index in [-0.39, 0.29) is 6.61 Å². The molecule has 0 N–H and O–H groups in total. The SMILES string of the molecule is Fc1cccc(Cl)c1COc1ccc(C2=NCCS2)cc1Cl. The summed E-state index contributed by atoms with van der Waals surface area (Å²) in [5.74, 6) is 1.10. The zero-order chi connectivity index (χ0) is 15.5. The van der Waals surface area contributed by atoms with Gasteiger partial charge in [0.2, 0.25) is 0 Å². The van der Waals surface area contributed by atoms with Crippen molar-refractivity contribution in [1.82, 2.24) is 0 Å². The van der Waals surface area contributed by atoms with Crippen LogP contribution in [0.1, 0.15) is 11.1 Å². The van der Waals surface area contributed by atoms with E-state index >= 15 is 0 Å². The van der Waals surface area contributed by atoms with E-state index in [1.807, 2.05) is 12.1 Å². The molecule has 0 aliphatic carbocycles. The molecule has 2 nitrogen and oxygen atoms in total. The molecule has 2 aromatic rings. The van der Waals surface area contributed by atoms with Crippen molar-refractivity contribution in [3.8, 4) is 5.75 Å². The van der Waals surface area contributed by atoms with E-state index in [2.05, 4.69) is 4.99 Å². The number of benzene rings is 2. The third-order valence-electron chi connectivity index (χ3n) is 3.20. The molecule has 0 saturated heterocycles. The van der Waals surface area contributed by atoms with Crippen molar-refractivity contribution in [2.45, 2.75) is 6.61 Å². The Kier molecular flexibility index (Phi) is 4.91. The maximum absolute atomic E-state index is 13.7. The number of hydrogen-bond donors (Lipinski definition) is 0. The van der Waals surface area contributed by atoms with Gasteiger partial charge >= 0.3 is 0 Å². The normalized spacial score (nSPS) is 14.0. The molecule has 1 aliphatic rings. The molecular formula is C16H12Cl2FNOS. The van der Waals surface area contributed by atoms with Crippen molar-refractivity contribution in [3.05, 3.63) is 63.4 Å². The van der Waals surface area contributed by atoms with Crippen LogP contribution >= 0.6 is 35.0 Å². The molecular weight excluding hydrogens is 344 g/mol. The number of halogens is 3. The Morgan fingerprint density at radius 1 is 1.18 bits per heavy atom. The Balaban J connectivity index is 1.76. The number of aliphatic imine (C=N–C) groups is 1. The molecule has 0 amide bonds. The second kappa shape index (κ2) is 6.90. The molecule has 0 bridgehead atoms. The number of thioether (sulfide) groups is 1. The number of nitrogens with zero attached hydrogens (tertiary/aromatic N) is 1. The lowest BCUT2D eigenvalue weighted by Gasteiger charge is -2.11. The second-order valence-electron chi connectivity index (χ2n) is 4.67. The molecule has 0 aromatic heterocycles. The van der Waals surface area contributed by atoms with Gasteiger partial charge in [-0.1, -0.05) is 29.3 Å². The summed E-state index contributed by atoms with van der Waals surface area (Å²) < 4.78 is 19.3. The van der Waals surface area contributed by atoms with Crippen LogP contribution in [0, 0.1) is 5.82 Å². The quantitative estimate of drug-likeness (QED) is 0.751. The average Bonchev–Trinajstić information content (AvgIpc) is 3.02. The van der Waals surface area contributed by atoms with Crippen LogP contribution in [-0.4, -0.2) is 17.3 Å². The fraction of sp³-hybridized carbons (Fsp3) is 0.188. The minimum absolute atomic E-state index is 0.0280. The molecule has 0 saturated carbocycles. The van der Waals surface area contributed by atoms with Crippen LogP contribution in [0.15, 0.2) is 41.4 Å². The van der Waals surface area contributed by atoms with Gasteiger partial charge in [-0.15, -0.1) is 11.8 Å². The van der Waals surface area contributed by atoms with E-state index in [0.717, 1.165) is 22.9 Å². The molecule has 1 aliphatic heterocycles. The van der Waals surface area contributed by atoms with Gasteiger partial charge in [0.1, 0.15) is 18.2 Å². The van der Waals surface area contributed by atoms with Crippen LogP contribution < -0.4 is 4.74 Å². The van der Waals surface area contributed by atoms with E-state index < -0.39 is 5.82 Å². The molecule has 0 spiro atoms. The maximum atomic E-state index is 13.7. The van der Waals surface area contributed by atoms with Gasteiger partial charge in [0, 0.05) is 23.4 Å². The van der Waals surface area contributed by atoms with Crippen molar-refractivity contribution in [3.63, 3.8) is 0 Å². The smallest absolute Gasteiger partial charge is 0.138 e. The Labute approximate surface area is 142 Å². The Morgan fingerprint density at radius 3 is 2.73 bits per heavy atom. The van der Waals surface area contributed by atoms with Crippen LogP contribution in [0.2, 0.25) is 10.0 Å². The molecule has 0 radical (unpaired) electrons. The van der Waals surface area contributed by atoms with Gasteiger partial charge in [0.05, 0.1) is 15.1 Å². The molecule has 22 heavy (non-hydrogen) atoms. The summed E-state index contributed by atoms with van der Waals surface area (Å²) in [6.07, 6.45) is 0. The molecule has 1 heterocycles. The first-order valence-electron chi connectivity index (χ1n) is 6.68. The van der Waals surface area contributed by atoms with Crippen LogP contribution in [0.3, 0.4) is 0 Å². The third kappa shape index (κ3) is 3.40. The van der Waals surface area contributed by atoms with Crippen molar-refractivity contribution in [1.29, 1.82) is 0 Å². The van der Waals surface area contributed by atoms with Crippen molar-refractivity contribution in [2.75, 3.05) is 12.3 Å². The maximum Gasteiger partial charge on any atom is 0.138 e. The summed E-state index contributed by atoms with van der Waals surface area (Å²) in [5.41, 5.74) is 1.30. The van der Waals surface area contributed by atoms with Crippen molar-refractivity contribution >= 4 is 40.0 Å². The van der Waals surface area contributed by atoms with E-state index in [4.69, 9.17) is 27.9 Å². The second-order valence-corrected chi connectivity index (χ2v) is 6.57. The summed E-state index contributed by atoms with van der Waals surface area (Å²) in [6, 6.07) is 10.0. The highest BCUT2D eigenvalue weighted by molar-refractivity contribution is 8.14. The molecule has 0 unspecified atom stereocenters. The van der Waals surface area contributed by atoms with E-state index in [0.29, 0.717) is 21.4 Å². The van der Waals surface area contributed by atoms with Gasteiger partial charge in [-0.05, 0) is 30.3 Å². The summed E-state index contributed by atoms with van der Waals surface area (Å²) in [5, 5.41) is 1.80. The lowest BCUT2D eigenvalue weighted by molar-refractivity contribution is 0.300. The Hall–Kier alpha value is -1.23. The van der Waals surface area contributed by atoms with Gasteiger partial charge in [-0.25, -0.2) is 4.39 Å². The molecule has 6 heteroatoms. The molecule has 114 valence electrons. The van der Waals surface area contributed by atoms with Crippen LogP contribution in [-0.2, 0) is 6.61 Å². The summed E-state index contributed by atoms with van der Waals surface area (Å²) >= 11 is 13.9. The largest absolute Gasteiger partial charge is 0.487 e. The Bertz CT molecular complexity index is 716. The summed E-state index contributed by atoms with van der Waals surface area (Å²) in [6.45, 7) is 0.863. The average molecular weight is 356 g/mol. The monoisotopic (exact) mass is 355 g/mol. The molecule has 0 fully saturated rings. The van der Waals surface area contributed by atoms with E-state index in [9.17, 15) is 4.39 Å². The fourth-order valence-electron chi connectivity index (χ4n) is 2.08. The van der Waals surface area contributed by atoms with Gasteiger partial charge in [0.25, 0.3) is 0 Å². The van der Waals surface area contributed by atoms with Gasteiger partial charge in [-0.3, -0.25) is 4.99 Å². The predicted octanol–water partition coefficient (Wildman–Crippen LogP) is 5.20. The minimum atomic E-state index is -0.392. The zero-order valence-corrected chi connectivity index (χ0v) is 13.8. The molecule has 0 atom stereocenters. The fourth-order valence-corrected chi connectivity index (χ4v) is 3.39. The zero-order valence-electron chi connectivity index (χ0n) is 11.5. The first kappa shape index (κ1) is 15.7. The lowest BCUT2D eigenvalue weighted by atomic mass is 10.2. The Morgan fingerprint density at radius 2 is 2.05 bits per heavy atom.